The minimum absolute atomic E-state index is 0.135. The lowest BCUT2D eigenvalue weighted by Crippen LogP contribution is -2.16. The summed E-state index contributed by atoms with van der Waals surface area (Å²) >= 11 is 1.44. The predicted octanol–water partition coefficient (Wildman–Crippen LogP) is 4.68. The van der Waals surface area contributed by atoms with Crippen molar-refractivity contribution in [2.75, 3.05) is 5.75 Å². The quantitative estimate of drug-likeness (QED) is 0.830. The molecular weight excluding hydrogens is 288 g/mol. The van der Waals surface area contributed by atoms with Crippen LogP contribution in [0.15, 0.2) is 35.2 Å². The molecule has 2 N–H and O–H groups in total. The first-order valence-electron chi connectivity index (χ1n) is 6.79. The van der Waals surface area contributed by atoms with E-state index in [9.17, 15) is 8.78 Å². The van der Waals surface area contributed by atoms with E-state index in [0.717, 1.165) is 11.6 Å². The van der Waals surface area contributed by atoms with Gasteiger partial charge in [-0.15, -0.1) is 11.8 Å². The van der Waals surface area contributed by atoms with Crippen LogP contribution in [0.5, 0.6) is 0 Å². The van der Waals surface area contributed by atoms with Gasteiger partial charge in [0.1, 0.15) is 0 Å². The van der Waals surface area contributed by atoms with Gasteiger partial charge in [0, 0.05) is 16.7 Å². The average Bonchev–Trinajstić information content (AvgIpc) is 2.39. The molecule has 1 nitrogen and oxygen atoms in total. The summed E-state index contributed by atoms with van der Waals surface area (Å²) in [4.78, 5) is 0.687. The standard InChI is InChI=1S/C17H19F2NS/c1-10-6-11(2)17(12(3)7-10)16(20)9-21-13-4-5-14(18)15(19)8-13/h4-8,16H,9,20H2,1-3H3. The Balaban J connectivity index is 2.11. The first kappa shape index (κ1) is 16.0. The molecule has 0 radical (unpaired) electrons. The third-order valence-electron chi connectivity index (χ3n) is 3.43. The van der Waals surface area contributed by atoms with Gasteiger partial charge in [-0.2, -0.15) is 0 Å². The Labute approximate surface area is 128 Å². The van der Waals surface area contributed by atoms with Crippen LogP contribution in [0.1, 0.15) is 28.3 Å². The minimum Gasteiger partial charge on any atom is -0.323 e. The van der Waals surface area contributed by atoms with Crippen LogP contribution in [0.4, 0.5) is 8.78 Å². The zero-order valence-corrected chi connectivity index (χ0v) is 13.2. The number of halogens is 2. The van der Waals surface area contributed by atoms with Crippen LogP contribution in [0.2, 0.25) is 0 Å². The molecule has 0 amide bonds. The number of rotatable bonds is 4. The van der Waals surface area contributed by atoms with Gasteiger partial charge in [-0.3, -0.25) is 0 Å². The van der Waals surface area contributed by atoms with Gasteiger partial charge in [0.05, 0.1) is 0 Å². The third kappa shape index (κ3) is 3.83. The number of thioether (sulfide) groups is 1. The molecule has 1 atom stereocenters. The molecule has 0 saturated carbocycles. The van der Waals surface area contributed by atoms with Crippen LogP contribution in [0.25, 0.3) is 0 Å². The highest BCUT2D eigenvalue weighted by molar-refractivity contribution is 7.99. The molecule has 21 heavy (non-hydrogen) atoms. The second-order valence-corrected chi connectivity index (χ2v) is 6.40. The van der Waals surface area contributed by atoms with E-state index in [-0.39, 0.29) is 6.04 Å². The zero-order valence-electron chi connectivity index (χ0n) is 12.4. The first-order chi connectivity index (χ1) is 9.88. The molecule has 4 heteroatoms. The molecule has 2 aromatic rings. The smallest absolute Gasteiger partial charge is 0.159 e. The van der Waals surface area contributed by atoms with Gasteiger partial charge in [-0.1, -0.05) is 17.7 Å². The molecule has 1 unspecified atom stereocenters. The zero-order chi connectivity index (χ0) is 15.6. The Morgan fingerprint density at radius 1 is 1.00 bits per heavy atom. The van der Waals surface area contributed by atoms with E-state index in [1.807, 2.05) is 0 Å². The highest BCUT2D eigenvalue weighted by Crippen LogP contribution is 2.28. The van der Waals surface area contributed by atoms with E-state index in [2.05, 4.69) is 32.9 Å². The normalized spacial score (nSPS) is 12.5. The van der Waals surface area contributed by atoms with Gasteiger partial charge in [0.15, 0.2) is 11.6 Å². The van der Waals surface area contributed by atoms with Gasteiger partial charge in [-0.25, -0.2) is 8.78 Å². The van der Waals surface area contributed by atoms with Gasteiger partial charge in [-0.05, 0) is 55.7 Å². The summed E-state index contributed by atoms with van der Waals surface area (Å²) < 4.78 is 26.1. The lowest BCUT2D eigenvalue weighted by molar-refractivity contribution is 0.506. The molecule has 0 fully saturated rings. The Kier molecular flexibility index (Phi) is 5.01. The van der Waals surface area contributed by atoms with Crippen molar-refractivity contribution >= 4 is 11.8 Å². The lowest BCUT2D eigenvalue weighted by atomic mass is 9.95. The Hall–Kier alpha value is -1.39. The average molecular weight is 307 g/mol. The highest BCUT2D eigenvalue weighted by atomic mass is 32.2. The van der Waals surface area contributed by atoms with Crippen molar-refractivity contribution in [3.8, 4) is 0 Å². The van der Waals surface area contributed by atoms with Crippen molar-refractivity contribution in [3.05, 3.63) is 64.2 Å². The maximum Gasteiger partial charge on any atom is 0.159 e. The molecule has 0 spiro atoms. The van der Waals surface area contributed by atoms with E-state index in [4.69, 9.17) is 5.73 Å². The molecule has 112 valence electrons. The maximum absolute atomic E-state index is 13.2. The van der Waals surface area contributed by atoms with Crippen molar-refractivity contribution in [1.82, 2.24) is 0 Å². The number of hydrogen-bond acceptors (Lipinski definition) is 2. The third-order valence-corrected chi connectivity index (χ3v) is 4.54. The minimum atomic E-state index is -0.825. The van der Waals surface area contributed by atoms with Crippen molar-refractivity contribution in [2.24, 2.45) is 5.73 Å². The van der Waals surface area contributed by atoms with E-state index in [1.54, 1.807) is 6.07 Å². The van der Waals surface area contributed by atoms with Crippen molar-refractivity contribution in [3.63, 3.8) is 0 Å². The van der Waals surface area contributed by atoms with Gasteiger partial charge < -0.3 is 5.73 Å². The molecule has 2 rings (SSSR count). The van der Waals surface area contributed by atoms with E-state index in [1.165, 1.54) is 34.5 Å². The first-order valence-corrected chi connectivity index (χ1v) is 7.78. The van der Waals surface area contributed by atoms with Crippen LogP contribution < -0.4 is 5.73 Å². The Morgan fingerprint density at radius 3 is 2.19 bits per heavy atom. The fraction of sp³-hybridized carbons (Fsp3) is 0.294. The van der Waals surface area contributed by atoms with Gasteiger partial charge in [0.25, 0.3) is 0 Å². The Bertz CT molecular complexity index is 632. The monoisotopic (exact) mass is 307 g/mol. The van der Waals surface area contributed by atoms with Crippen molar-refractivity contribution < 1.29 is 8.78 Å². The number of hydrogen-bond donors (Lipinski definition) is 1. The van der Waals surface area contributed by atoms with Crippen LogP contribution in [0.3, 0.4) is 0 Å². The fourth-order valence-electron chi connectivity index (χ4n) is 2.61. The van der Waals surface area contributed by atoms with Crippen LogP contribution >= 0.6 is 11.8 Å². The van der Waals surface area contributed by atoms with Crippen molar-refractivity contribution in [2.45, 2.75) is 31.7 Å². The molecule has 0 aliphatic heterocycles. The summed E-state index contributed by atoms with van der Waals surface area (Å²) in [7, 11) is 0. The fourth-order valence-corrected chi connectivity index (χ4v) is 3.50. The summed E-state index contributed by atoms with van der Waals surface area (Å²) in [6.07, 6.45) is 0. The largest absolute Gasteiger partial charge is 0.323 e. The van der Waals surface area contributed by atoms with Gasteiger partial charge >= 0.3 is 0 Å². The van der Waals surface area contributed by atoms with Crippen molar-refractivity contribution in [1.29, 1.82) is 0 Å². The van der Waals surface area contributed by atoms with Crippen LogP contribution in [-0.2, 0) is 0 Å². The molecule has 0 aliphatic rings. The number of benzene rings is 2. The van der Waals surface area contributed by atoms with E-state index < -0.39 is 11.6 Å². The SMILES string of the molecule is Cc1cc(C)c(C(N)CSc2ccc(F)c(F)c2)c(C)c1. The summed E-state index contributed by atoms with van der Waals surface area (Å²) in [5, 5.41) is 0. The Morgan fingerprint density at radius 2 is 1.62 bits per heavy atom. The number of nitrogens with two attached hydrogens (primary N) is 1. The second kappa shape index (κ2) is 6.58. The van der Waals surface area contributed by atoms with Crippen LogP contribution in [-0.4, -0.2) is 5.75 Å². The molecule has 2 aromatic carbocycles. The maximum atomic E-state index is 13.2. The summed E-state index contributed by atoms with van der Waals surface area (Å²) in [6, 6.07) is 8.02. The van der Waals surface area contributed by atoms with Gasteiger partial charge in [0.2, 0.25) is 0 Å². The topological polar surface area (TPSA) is 26.0 Å². The van der Waals surface area contributed by atoms with E-state index in [0.29, 0.717) is 10.6 Å². The molecule has 0 aliphatic carbocycles. The molecule has 0 heterocycles. The van der Waals surface area contributed by atoms with E-state index >= 15 is 0 Å². The highest BCUT2D eigenvalue weighted by Gasteiger charge is 2.13. The molecule has 0 bridgehead atoms. The second-order valence-electron chi connectivity index (χ2n) is 5.31. The molecule has 0 aromatic heterocycles. The summed E-state index contributed by atoms with van der Waals surface area (Å²) in [5.41, 5.74) is 11.0. The number of aryl methyl sites for hydroxylation is 3. The molecule has 0 saturated heterocycles. The lowest BCUT2D eigenvalue weighted by Gasteiger charge is -2.18. The van der Waals surface area contributed by atoms with Crippen LogP contribution in [0, 0.1) is 32.4 Å². The molecular formula is C17H19F2NS. The predicted molar refractivity (Wildman–Crippen MR) is 84.7 cm³/mol. The summed E-state index contributed by atoms with van der Waals surface area (Å²) in [5.74, 6) is -1.03. The summed E-state index contributed by atoms with van der Waals surface area (Å²) in [6.45, 7) is 6.17.